The Morgan fingerprint density at radius 1 is 1.00 bits per heavy atom. The number of ketones is 2. The number of aromatic amines is 1. The van der Waals surface area contributed by atoms with Gasteiger partial charge in [-0.15, -0.1) is 0 Å². The number of rotatable bonds is 2. The molecule has 3 aromatic rings. The minimum absolute atomic E-state index is 0.122. The number of fused-ring (bicyclic) bond motifs is 4. The molecule has 0 aliphatic heterocycles. The third-order valence-electron chi connectivity index (χ3n) is 4.39. The highest BCUT2D eigenvalue weighted by molar-refractivity contribution is 6.32. The molecule has 4 rings (SSSR count). The summed E-state index contributed by atoms with van der Waals surface area (Å²) >= 11 is 0. The van der Waals surface area contributed by atoms with E-state index in [9.17, 15) is 14.7 Å². The van der Waals surface area contributed by atoms with Crippen molar-refractivity contribution in [2.45, 2.75) is 6.54 Å². The van der Waals surface area contributed by atoms with Crippen LogP contribution in [0.25, 0.3) is 10.9 Å². The van der Waals surface area contributed by atoms with E-state index < -0.39 is 0 Å². The van der Waals surface area contributed by atoms with E-state index in [1.807, 2.05) is 19.0 Å². The van der Waals surface area contributed by atoms with Crippen molar-refractivity contribution in [2.24, 2.45) is 0 Å². The lowest BCUT2D eigenvalue weighted by atomic mass is 9.86. The fourth-order valence-electron chi connectivity index (χ4n) is 3.37. The van der Waals surface area contributed by atoms with Crippen LogP contribution >= 0.6 is 0 Å². The highest BCUT2D eigenvalue weighted by Crippen LogP contribution is 2.37. The molecule has 2 N–H and O–H groups in total. The second-order valence-corrected chi connectivity index (χ2v) is 6.30. The van der Waals surface area contributed by atoms with E-state index in [0.29, 0.717) is 45.4 Å². The second kappa shape index (κ2) is 5.04. The molecule has 0 unspecified atom stereocenters. The van der Waals surface area contributed by atoms with Crippen LogP contribution in [-0.4, -0.2) is 40.7 Å². The molecule has 1 aliphatic carbocycles. The van der Waals surface area contributed by atoms with Crippen molar-refractivity contribution in [3.05, 3.63) is 64.3 Å². The van der Waals surface area contributed by atoms with Gasteiger partial charge in [0.15, 0.2) is 5.78 Å². The predicted octanol–water partition coefficient (Wildman–Crippen LogP) is 2.71. The zero-order chi connectivity index (χ0) is 17.0. The lowest BCUT2D eigenvalue weighted by Gasteiger charge is -2.16. The Morgan fingerprint density at radius 2 is 1.67 bits per heavy atom. The number of nitrogens with zero attached hydrogens (tertiary/aromatic N) is 1. The summed E-state index contributed by atoms with van der Waals surface area (Å²) in [5, 5.41) is 10.9. The van der Waals surface area contributed by atoms with Gasteiger partial charge in [0.2, 0.25) is 5.78 Å². The van der Waals surface area contributed by atoms with E-state index in [-0.39, 0.29) is 17.3 Å². The van der Waals surface area contributed by atoms with Crippen LogP contribution in [0.4, 0.5) is 0 Å². The summed E-state index contributed by atoms with van der Waals surface area (Å²) in [5.74, 6) is -0.249. The van der Waals surface area contributed by atoms with Gasteiger partial charge in [-0.25, -0.2) is 0 Å². The van der Waals surface area contributed by atoms with Crippen molar-refractivity contribution in [1.82, 2.24) is 9.88 Å². The number of H-pyrrole nitrogens is 1. The van der Waals surface area contributed by atoms with Gasteiger partial charge in [-0.2, -0.15) is 0 Å². The molecule has 0 bridgehead atoms. The molecule has 0 fully saturated rings. The topological polar surface area (TPSA) is 73.4 Å². The molecule has 5 nitrogen and oxygen atoms in total. The van der Waals surface area contributed by atoms with Crippen LogP contribution in [0.3, 0.4) is 0 Å². The van der Waals surface area contributed by atoms with Gasteiger partial charge in [0, 0.05) is 34.1 Å². The van der Waals surface area contributed by atoms with Crippen molar-refractivity contribution in [3.63, 3.8) is 0 Å². The van der Waals surface area contributed by atoms with Crippen molar-refractivity contribution in [1.29, 1.82) is 0 Å². The summed E-state index contributed by atoms with van der Waals surface area (Å²) < 4.78 is 0. The maximum Gasteiger partial charge on any atom is 0.210 e. The Kier molecular flexibility index (Phi) is 3.08. The number of aromatic nitrogens is 1. The van der Waals surface area contributed by atoms with Crippen LogP contribution in [0.2, 0.25) is 0 Å². The van der Waals surface area contributed by atoms with E-state index in [0.717, 1.165) is 0 Å². The first-order valence-electron chi connectivity index (χ1n) is 7.68. The molecular formula is C19H16N2O3. The zero-order valence-corrected chi connectivity index (χ0v) is 13.4. The normalized spacial score (nSPS) is 13.5. The molecule has 5 heteroatoms. The average Bonchev–Trinajstić information content (AvgIpc) is 2.95. The van der Waals surface area contributed by atoms with Crippen LogP contribution in [0.5, 0.6) is 5.75 Å². The fraction of sp³-hybridized carbons (Fsp3) is 0.158. The van der Waals surface area contributed by atoms with Gasteiger partial charge in [-0.1, -0.05) is 24.3 Å². The van der Waals surface area contributed by atoms with E-state index in [2.05, 4.69) is 4.98 Å². The molecule has 0 atom stereocenters. The second-order valence-electron chi connectivity index (χ2n) is 6.30. The monoisotopic (exact) mass is 320 g/mol. The lowest BCUT2D eigenvalue weighted by molar-refractivity contribution is 0.0978. The number of benzene rings is 2. The first-order valence-corrected chi connectivity index (χ1v) is 7.68. The number of carbonyl (C=O) groups excluding carboxylic acids is 2. The van der Waals surface area contributed by atoms with E-state index in [4.69, 9.17) is 0 Å². The van der Waals surface area contributed by atoms with Crippen LogP contribution in [0.15, 0.2) is 36.4 Å². The minimum Gasteiger partial charge on any atom is -0.508 e. The summed E-state index contributed by atoms with van der Waals surface area (Å²) in [5.41, 5.74) is 2.83. The Morgan fingerprint density at radius 3 is 2.33 bits per heavy atom. The van der Waals surface area contributed by atoms with Gasteiger partial charge in [-0.05, 0) is 26.2 Å². The molecule has 0 spiro atoms. The molecule has 0 saturated heterocycles. The quantitative estimate of drug-likeness (QED) is 0.595. The number of carbonyl (C=O) groups is 2. The largest absolute Gasteiger partial charge is 0.508 e. The third-order valence-corrected chi connectivity index (χ3v) is 4.39. The standard InChI is InChI=1S/C19H16N2O3/c1-21(2)9-12-14(22)8-7-13-15(12)16-17(20-13)19(24)11-6-4-3-5-10(11)18(16)23/h3-8,20,22H,9H2,1-2H3. The Labute approximate surface area is 138 Å². The van der Waals surface area contributed by atoms with Crippen molar-refractivity contribution >= 4 is 22.5 Å². The first kappa shape index (κ1) is 14.7. The fourth-order valence-corrected chi connectivity index (χ4v) is 3.37. The summed E-state index contributed by atoms with van der Waals surface area (Å²) in [6.45, 7) is 0.469. The van der Waals surface area contributed by atoms with Crippen LogP contribution in [0, 0.1) is 0 Å². The summed E-state index contributed by atoms with van der Waals surface area (Å²) in [4.78, 5) is 30.8. The van der Waals surface area contributed by atoms with Gasteiger partial charge >= 0.3 is 0 Å². The van der Waals surface area contributed by atoms with Crippen molar-refractivity contribution in [3.8, 4) is 5.75 Å². The summed E-state index contributed by atoms with van der Waals surface area (Å²) in [7, 11) is 3.78. The SMILES string of the molecule is CN(C)Cc1c(O)ccc2[nH]c3c(c12)C(=O)c1ccccc1C3=O. The van der Waals surface area contributed by atoms with Gasteiger partial charge in [0.1, 0.15) is 5.75 Å². The van der Waals surface area contributed by atoms with Crippen LogP contribution in [0.1, 0.15) is 37.5 Å². The molecule has 0 saturated carbocycles. The lowest BCUT2D eigenvalue weighted by Crippen LogP contribution is -2.20. The molecule has 1 heterocycles. The maximum absolute atomic E-state index is 13.0. The number of phenols is 1. The van der Waals surface area contributed by atoms with Gasteiger partial charge in [0.05, 0.1) is 11.3 Å². The number of hydrogen-bond acceptors (Lipinski definition) is 4. The number of hydrogen-bond donors (Lipinski definition) is 2. The van der Waals surface area contributed by atoms with E-state index in [1.165, 1.54) is 0 Å². The van der Waals surface area contributed by atoms with Gasteiger partial charge < -0.3 is 15.0 Å². The summed E-state index contributed by atoms with van der Waals surface area (Å²) in [6, 6.07) is 10.1. The average molecular weight is 320 g/mol. The Balaban J connectivity index is 2.07. The van der Waals surface area contributed by atoms with Gasteiger partial charge in [-0.3, -0.25) is 9.59 Å². The van der Waals surface area contributed by atoms with E-state index >= 15 is 0 Å². The molecule has 0 amide bonds. The molecule has 1 aromatic heterocycles. The molecule has 2 aromatic carbocycles. The van der Waals surface area contributed by atoms with Crippen molar-refractivity contribution in [2.75, 3.05) is 14.1 Å². The van der Waals surface area contributed by atoms with Crippen LogP contribution < -0.4 is 0 Å². The first-order chi connectivity index (χ1) is 11.5. The van der Waals surface area contributed by atoms with Crippen LogP contribution in [-0.2, 0) is 6.54 Å². The maximum atomic E-state index is 13.0. The highest BCUT2D eigenvalue weighted by atomic mass is 16.3. The number of phenolic OH excluding ortho intramolecular Hbond substituents is 1. The third kappa shape index (κ3) is 1.91. The Hall–Kier alpha value is -2.92. The molecule has 0 radical (unpaired) electrons. The van der Waals surface area contributed by atoms with Crippen molar-refractivity contribution < 1.29 is 14.7 Å². The molecule has 24 heavy (non-hydrogen) atoms. The predicted molar refractivity (Wildman–Crippen MR) is 90.7 cm³/mol. The smallest absolute Gasteiger partial charge is 0.210 e. The minimum atomic E-state index is -0.188. The van der Waals surface area contributed by atoms with Gasteiger partial charge in [0.25, 0.3) is 0 Å². The number of aromatic hydroxyl groups is 1. The zero-order valence-electron chi connectivity index (χ0n) is 13.4. The highest BCUT2D eigenvalue weighted by Gasteiger charge is 2.34. The van der Waals surface area contributed by atoms with E-state index in [1.54, 1.807) is 36.4 Å². The Bertz CT molecular complexity index is 1010. The molecule has 120 valence electrons. The molecular weight excluding hydrogens is 304 g/mol. The molecule has 1 aliphatic rings. The summed E-state index contributed by atoms with van der Waals surface area (Å²) in [6.07, 6.45) is 0. The number of nitrogens with one attached hydrogen (secondary N) is 1.